The Morgan fingerprint density at radius 1 is 0.974 bits per heavy atom. The molecule has 2 N–H and O–H groups in total. The second-order valence-electron chi connectivity index (χ2n) is 12.2. The van der Waals surface area contributed by atoms with Gasteiger partial charge in [0.15, 0.2) is 0 Å². The fraction of sp³-hybridized carbons (Fsp3) is 0.514. The molecule has 5 rings (SSSR count). The van der Waals surface area contributed by atoms with E-state index in [0.29, 0.717) is 11.6 Å². The zero-order valence-electron chi connectivity index (χ0n) is 24.9. The topological polar surface area (TPSA) is 55.6 Å². The highest BCUT2D eigenvalue weighted by atomic mass is 16.5. The largest absolute Gasteiger partial charge is 0.465 e. The van der Waals surface area contributed by atoms with Crippen LogP contribution in [0.4, 0.5) is 0 Å². The van der Waals surface area contributed by atoms with E-state index < -0.39 is 0 Å². The number of carbonyl (C=O) groups excluding carboxylic acids is 1. The normalized spacial score (nSPS) is 28.2. The lowest BCUT2D eigenvalue weighted by molar-refractivity contribution is 0.0600. The molecular formula is C35H48N2O2. The number of nitrogens with two attached hydrogens (primary N) is 1. The monoisotopic (exact) mass is 528 g/mol. The van der Waals surface area contributed by atoms with E-state index in [1.54, 1.807) is 5.57 Å². The van der Waals surface area contributed by atoms with Crippen molar-refractivity contribution in [2.24, 2.45) is 16.6 Å². The highest BCUT2D eigenvalue weighted by Crippen LogP contribution is 2.56. The summed E-state index contributed by atoms with van der Waals surface area (Å²) in [7, 11) is 1.42. The molecule has 4 heteroatoms. The van der Waals surface area contributed by atoms with Crippen molar-refractivity contribution in [1.29, 1.82) is 0 Å². The molecule has 210 valence electrons. The summed E-state index contributed by atoms with van der Waals surface area (Å²) in [6, 6.07) is 19.4. The lowest BCUT2D eigenvalue weighted by atomic mass is 9.58. The third kappa shape index (κ3) is 5.51. The van der Waals surface area contributed by atoms with E-state index in [1.165, 1.54) is 49.5 Å². The Labute approximate surface area is 236 Å². The van der Waals surface area contributed by atoms with Gasteiger partial charge in [-0.3, -0.25) is 4.90 Å². The smallest absolute Gasteiger partial charge is 0.337 e. The van der Waals surface area contributed by atoms with Gasteiger partial charge in [0.05, 0.1) is 12.7 Å². The summed E-state index contributed by atoms with van der Waals surface area (Å²) in [6.45, 7) is 14.0. The van der Waals surface area contributed by atoms with Crippen LogP contribution in [0.3, 0.4) is 0 Å². The molecule has 0 radical (unpaired) electrons. The van der Waals surface area contributed by atoms with Crippen molar-refractivity contribution in [3.8, 4) is 0 Å². The van der Waals surface area contributed by atoms with E-state index in [1.807, 2.05) is 26.0 Å². The first kappa shape index (κ1) is 29.3. The van der Waals surface area contributed by atoms with Crippen LogP contribution in [0.2, 0.25) is 0 Å². The van der Waals surface area contributed by atoms with Gasteiger partial charge in [-0.25, -0.2) is 4.79 Å². The minimum Gasteiger partial charge on any atom is -0.465 e. The highest BCUT2D eigenvalue weighted by molar-refractivity contribution is 5.90. The van der Waals surface area contributed by atoms with E-state index >= 15 is 0 Å². The Bertz CT molecular complexity index is 1190. The van der Waals surface area contributed by atoms with Crippen LogP contribution in [0.1, 0.15) is 88.2 Å². The van der Waals surface area contributed by atoms with Crippen LogP contribution in [0.25, 0.3) is 5.57 Å². The quantitative estimate of drug-likeness (QED) is 0.324. The summed E-state index contributed by atoms with van der Waals surface area (Å²) in [5, 5.41) is 0. The minimum atomic E-state index is -0.290. The molecule has 3 aliphatic rings. The number of ether oxygens (including phenoxy) is 1. The number of nitrogens with zero attached hydrogens (tertiary/aromatic N) is 1. The van der Waals surface area contributed by atoms with Crippen LogP contribution in [0.15, 0.2) is 72.3 Å². The summed E-state index contributed by atoms with van der Waals surface area (Å²) in [4.78, 5) is 14.6. The van der Waals surface area contributed by atoms with Gasteiger partial charge >= 0.3 is 5.97 Å². The average Bonchev–Trinajstić information content (AvgIpc) is 2.98. The van der Waals surface area contributed by atoms with Gasteiger partial charge in [-0.2, -0.15) is 0 Å². The van der Waals surface area contributed by atoms with Gasteiger partial charge in [0.2, 0.25) is 0 Å². The van der Waals surface area contributed by atoms with Crippen LogP contribution in [-0.2, 0) is 10.2 Å². The Morgan fingerprint density at radius 2 is 1.62 bits per heavy atom. The van der Waals surface area contributed by atoms with Gasteiger partial charge in [-0.1, -0.05) is 94.8 Å². The summed E-state index contributed by atoms with van der Waals surface area (Å²) in [5.41, 5.74) is 12.7. The number of benzene rings is 2. The number of allylic oxidation sites excluding steroid dienone is 2. The van der Waals surface area contributed by atoms with Crippen LogP contribution >= 0.6 is 0 Å². The maximum atomic E-state index is 11.9. The van der Waals surface area contributed by atoms with Crippen LogP contribution < -0.4 is 5.73 Å². The predicted octanol–water partition coefficient (Wildman–Crippen LogP) is 7.40. The predicted molar refractivity (Wildman–Crippen MR) is 163 cm³/mol. The van der Waals surface area contributed by atoms with Gasteiger partial charge < -0.3 is 10.5 Å². The van der Waals surface area contributed by atoms with Crippen LogP contribution in [0, 0.1) is 10.8 Å². The van der Waals surface area contributed by atoms with E-state index in [-0.39, 0.29) is 22.2 Å². The Balaban J connectivity index is 0.00000172. The number of rotatable bonds is 5. The molecule has 1 heterocycles. The number of fused-ring (bicyclic) bond motifs is 1. The molecule has 0 saturated heterocycles. The van der Waals surface area contributed by atoms with Crippen molar-refractivity contribution in [3.05, 3.63) is 89.0 Å². The molecule has 0 aromatic heterocycles. The minimum absolute atomic E-state index is 0.0551. The first-order chi connectivity index (χ1) is 18.7. The summed E-state index contributed by atoms with van der Waals surface area (Å²) < 4.78 is 4.87. The molecule has 0 bridgehead atoms. The number of esters is 1. The molecule has 0 amide bonds. The first-order valence-electron chi connectivity index (χ1n) is 14.8. The average molecular weight is 529 g/mol. The fourth-order valence-corrected chi connectivity index (χ4v) is 7.55. The van der Waals surface area contributed by atoms with E-state index in [9.17, 15) is 4.79 Å². The summed E-state index contributed by atoms with van der Waals surface area (Å²) >= 11 is 0. The third-order valence-electron chi connectivity index (χ3n) is 9.66. The Kier molecular flexibility index (Phi) is 8.88. The molecule has 39 heavy (non-hydrogen) atoms. The number of methoxy groups -OCH3 is 1. The van der Waals surface area contributed by atoms with Crippen molar-refractivity contribution in [2.45, 2.75) is 78.2 Å². The zero-order valence-corrected chi connectivity index (χ0v) is 24.9. The number of carbonyl (C=O) groups is 1. The summed E-state index contributed by atoms with van der Waals surface area (Å²) in [5.74, 6) is -0.290. The standard InChI is InChI=1S/C33H42N2O2.C2H6/c1-31(2)28(24-10-12-25(13-11-24)30(36)37-4)16-18-32(3)23-35(21-17-29(31)32)27-14-19-33(22-34,20-15-27)26-8-6-5-7-9-26;1-2/h5-13,16-17,27H,14-15,18-23,34H2,1-4H3;1-2H3. The van der Waals surface area contributed by atoms with Crippen molar-refractivity contribution in [2.75, 3.05) is 26.7 Å². The van der Waals surface area contributed by atoms with Gasteiger partial charge in [0.1, 0.15) is 0 Å². The Morgan fingerprint density at radius 3 is 2.21 bits per heavy atom. The molecule has 1 saturated carbocycles. The van der Waals surface area contributed by atoms with Crippen LogP contribution in [-0.4, -0.2) is 43.7 Å². The lowest BCUT2D eigenvalue weighted by Crippen LogP contribution is -2.52. The first-order valence-corrected chi connectivity index (χ1v) is 14.8. The highest BCUT2D eigenvalue weighted by Gasteiger charge is 2.47. The second-order valence-corrected chi connectivity index (χ2v) is 12.2. The summed E-state index contributed by atoms with van der Waals surface area (Å²) in [6.07, 6.45) is 10.8. The lowest BCUT2D eigenvalue weighted by Gasteiger charge is -2.53. The third-order valence-corrected chi connectivity index (χ3v) is 9.66. The zero-order chi connectivity index (χ0) is 28.3. The van der Waals surface area contributed by atoms with Gasteiger partial charge in [-0.05, 0) is 60.9 Å². The van der Waals surface area contributed by atoms with Crippen molar-refractivity contribution < 1.29 is 9.53 Å². The van der Waals surface area contributed by atoms with Gasteiger partial charge in [0.25, 0.3) is 0 Å². The molecule has 2 aromatic rings. The van der Waals surface area contributed by atoms with Crippen molar-refractivity contribution in [1.82, 2.24) is 4.90 Å². The van der Waals surface area contributed by atoms with Crippen LogP contribution in [0.5, 0.6) is 0 Å². The molecular weight excluding hydrogens is 480 g/mol. The Hall–Kier alpha value is -2.69. The molecule has 1 fully saturated rings. The molecule has 1 unspecified atom stereocenters. The molecule has 2 aromatic carbocycles. The fourth-order valence-electron chi connectivity index (χ4n) is 7.55. The molecule has 4 nitrogen and oxygen atoms in total. The number of hydrogen-bond acceptors (Lipinski definition) is 4. The maximum Gasteiger partial charge on any atom is 0.337 e. The molecule has 0 spiro atoms. The van der Waals surface area contributed by atoms with Gasteiger partial charge in [0, 0.05) is 41.9 Å². The van der Waals surface area contributed by atoms with E-state index in [0.717, 1.165) is 26.1 Å². The SMILES string of the molecule is CC.COC(=O)c1ccc(C2=CCC3(C)CN(C4CCC(CN)(c5ccccc5)CC4)CC=C3C2(C)C)cc1. The van der Waals surface area contributed by atoms with E-state index in [4.69, 9.17) is 10.5 Å². The maximum absolute atomic E-state index is 11.9. The van der Waals surface area contributed by atoms with Gasteiger partial charge in [-0.15, -0.1) is 0 Å². The second kappa shape index (κ2) is 11.8. The molecule has 2 aliphatic carbocycles. The van der Waals surface area contributed by atoms with Crippen molar-refractivity contribution in [3.63, 3.8) is 0 Å². The molecule has 1 atom stereocenters. The molecule has 1 aliphatic heterocycles. The van der Waals surface area contributed by atoms with E-state index in [2.05, 4.69) is 80.3 Å². The van der Waals surface area contributed by atoms with Crippen molar-refractivity contribution >= 4 is 11.5 Å². The number of hydrogen-bond donors (Lipinski definition) is 1.